The third-order valence-electron chi connectivity index (χ3n) is 4.44. The number of ether oxygens (including phenoxy) is 4. The van der Waals surface area contributed by atoms with Crippen molar-refractivity contribution in [1.29, 1.82) is 0 Å². The zero-order valence-corrected chi connectivity index (χ0v) is 17.8. The Labute approximate surface area is 185 Å². The first kappa shape index (κ1) is 22.4. The van der Waals surface area contributed by atoms with E-state index in [1.165, 1.54) is 20.4 Å². The van der Waals surface area contributed by atoms with E-state index in [1.54, 1.807) is 73.8 Å². The molecule has 8 heteroatoms. The molecule has 0 atom stereocenters. The summed E-state index contributed by atoms with van der Waals surface area (Å²) >= 11 is 0. The van der Waals surface area contributed by atoms with Gasteiger partial charge in [-0.1, -0.05) is 0 Å². The van der Waals surface area contributed by atoms with Crippen LogP contribution in [0.2, 0.25) is 0 Å². The molecule has 0 bridgehead atoms. The summed E-state index contributed by atoms with van der Waals surface area (Å²) in [6.45, 7) is 0. The topological polar surface area (TPSA) is 95.5 Å². The summed E-state index contributed by atoms with van der Waals surface area (Å²) in [6, 6.07) is 18.1. The second-order valence-electron chi connectivity index (χ2n) is 6.46. The van der Waals surface area contributed by atoms with Crippen molar-refractivity contribution >= 4 is 18.1 Å². The van der Waals surface area contributed by atoms with Gasteiger partial charge in [-0.2, -0.15) is 5.10 Å². The van der Waals surface area contributed by atoms with Gasteiger partial charge >= 0.3 is 5.97 Å². The molecular weight excluding hydrogens is 412 g/mol. The second kappa shape index (κ2) is 10.6. The van der Waals surface area contributed by atoms with Crippen LogP contribution in [0.3, 0.4) is 0 Å². The van der Waals surface area contributed by atoms with Crippen LogP contribution in [0.5, 0.6) is 23.0 Å². The van der Waals surface area contributed by atoms with Gasteiger partial charge in [0.2, 0.25) is 0 Å². The molecule has 0 aliphatic carbocycles. The van der Waals surface area contributed by atoms with Crippen molar-refractivity contribution in [2.45, 2.75) is 0 Å². The highest BCUT2D eigenvalue weighted by molar-refractivity contribution is 5.95. The minimum absolute atomic E-state index is 0.328. The van der Waals surface area contributed by atoms with E-state index in [2.05, 4.69) is 10.5 Å². The van der Waals surface area contributed by atoms with E-state index in [0.29, 0.717) is 39.7 Å². The van der Waals surface area contributed by atoms with Crippen LogP contribution in [0, 0.1) is 0 Å². The number of amides is 1. The van der Waals surface area contributed by atoms with Crippen LogP contribution in [0.25, 0.3) is 0 Å². The smallest absolute Gasteiger partial charge is 0.343 e. The molecule has 1 amide bonds. The maximum absolute atomic E-state index is 12.4. The van der Waals surface area contributed by atoms with E-state index in [-0.39, 0.29) is 5.91 Å². The molecule has 0 aromatic heterocycles. The number of carbonyl (C=O) groups is 2. The number of carbonyl (C=O) groups excluding carboxylic acids is 2. The van der Waals surface area contributed by atoms with E-state index in [1.807, 2.05) is 0 Å². The van der Waals surface area contributed by atoms with E-state index >= 15 is 0 Å². The van der Waals surface area contributed by atoms with Gasteiger partial charge < -0.3 is 18.9 Å². The third-order valence-corrected chi connectivity index (χ3v) is 4.44. The standard InChI is InChI=1S/C24H22N2O6/c1-29-19-11-6-17(7-12-19)23(27)26-25-15-16-4-9-20(10-5-16)32-24(28)18-8-13-21(30-2)22(14-18)31-3/h4-15H,1-3H3,(H,26,27)/b25-15+. The highest BCUT2D eigenvalue weighted by Gasteiger charge is 2.13. The molecule has 0 heterocycles. The average molecular weight is 434 g/mol. The molecule has 3 aromatic carbocycles. The van der Waals surface area contributed by atoms with Crippen LogP contribution in [-0.4, -0.2) is 39.4 Å². The lowest BCUT2D eigenvalue weighted by atomic mass is 10.2. The molecule has 0 fully saturated rings. The van der Waals surface area contributed by atoms with Crippen molar-refractivity contribution in [2.75, 3.05) is 21.3 Å². The number of rotatable bonds is 8. The Kier molecular flexibility index (Phi) is 7.42. The second-order valence-corrected chi connectivity index (χ2v) is 6.46. The third kappa shape index (κ3) is 5.63. The number of nitrogens with one attached hydrogen (secondary N) is 1. The maximum Gasteiger partial charge on any atom is 0.343 e. The number of nitrogens with zero attached hydrogens (tertiary/aromatic N) is 1. The first-order valence-corrected chi connectivity index (χ1v) is 9.55. The Bertz CT molecular complexity index is 1110. The van der Waals surface area contributed by atoms with Gasteiger partial charge in [0.1, 0.15) is 11.5 Å². The SMILES string of the molecule is COc1ccc(C(=O)N/N=C/c2ccc(OC(=O)c3ccc(OC)c(OC)c3)cc2)cc1. The molecule has 0 saturated carbocycles. The lowest BCUT2D eigenvalue weighted by molar-refractivity contribution is 0.0734. The Morgan fingerprint density at radius 3 is 2.00 bits per heavy atom. The predicted molar refractivity (Wildman–Crippen MR) is 119 cm³/mol. The predicted octanol–water partition coefficient (Wildman–Crippen LogP) is 3.70. The molecule has 0 saturated heterocycles. The van der Waals surface area contributed by atoms with Gasteiger partial charge in [-0.3, -0.25) is 4.79 Å². The van der Waals surface area contributed by atoms with E-state index in [0.717, 1.165) is 0 Å². The summed E-state index contributed by atoms with van der Waals surface area (Å²) in [7, 11) is 4.57. The number of esters is 1. The Balaban J connectivity index is 1.57. The fourth-order valence-electron chi connectivity index (χ4n) is 2.72. The van der Waals surface area contributed by atoms with Crippen molar-refractivity contribution in [3.8, 4) is 23.0 Å². The maximum atomic E-state index is 12.4. The van der Waals surface area contributed by atoms with Gasteiger partial charge in [-0.05, 0) is 72.3 Å². The summed E-state index contributed by atoms with van der Waals surface area (Å²) in [5.41, 5.74) is 3.96. The van der Waals surface area contributed by atoms with Crippen molar-refractivity contribution in [1.82, 2.24) is 5.43 Å². The molecule has 1 N–H and O–H groups in total. The monoisotopic (exact) mass is 434 g/mol. The first-order chi connectivity index (χ1) is 15.5. The van der Waals surface area contributed by atoms with Gasteiger partial charge in [0.05, 0.1) is 33.1 Å². The molecule has 0 radical (unpaired) electrons. The number of hydrogen-bond donors (Lipinski definition) is 1. The molecule has 3 aromatic rings. The minimum Gasteiger partial charge on any atom is -0.497 e. The van der Waals surface area contributed by atoms with Gasteiger partial charge in [0.15, 0.2) is 11.5 Å². The van der Waals surface area contributed by atoms with Gasteiger partial charge in [-0.15, -0.1) is 0 Å². The van der Waals surface area contributed by atoms with Crippen molar-refractivity contribution in [3.63, 3.8) is 0 Å². The summed E-state index contributed by atoms with van der Waals surface area (Å²) < 4.78 is 20.8. The number of hydrogen-bond acceptors (Lipinski definition) is 7. The van der Waals surface area contributed by atoms with Crippen LogP contribution in [-0.2, 0) is 0 Å². The summed E-state index contributed by atoms with van der Waals surface area (Å²) in [4.78, 5) is 24.5. The highest BCUT2D eigenvalue weighted by atomic mass is 16.5. The summed E-state index contributed by atoms with van der Waals surface area (Å²) in [5, 5.41) is 3.94. The normalized spacial score (nSPS) is 10.5. The quantitative estimate of drug-likeness (QED) is 0.251. The average Bonchev–Trinajstić information content (AvgIpc) is 2.84. The van der Waals surface area contributed by atoms with Crippen molar-refractivity contribution < 1.29 is 28.5 Å². The summed E-state index contributed by atoms with van der Waals surface area (Å²) in [5.74, 6) is 1.11. The Morgan fingerprint density at radius 2 is 1.38 bits per heavy atom. The largest absolute Gasteiger partial charge is 0.497 e. The zero-order chi connectivity index (χ0) is 22.9. The Hall–Kier alpha value is -4.33. The van der Waals surface area contributed by atoms with Crippen LogP contribution >= 0.6 is 0 Å². The number of methoxy groups -OCH3 is 3. The van der Waals surface area contributed by atoms with Crippen LogP contribution in [0.15, 0.2) is 71.8 Å². The lowest BCUT2D eigenvalue weighted by Crippen LogP contribution is -2.17. The van der Waals surface area contributed by atoms with Crippen molar-refractivity contribution in [3.05, 3.63) is 83.4 Å². The molecule has 0 spiro atoms. The van der Waals surface area contributed by atoms with Crippen LogP contribution < -0.4 is 24.4 Å². The first-order valence-electron chi connectivity index (χ1n) is 9.55. The molecule has 164 valence electrons. The molecule has 8 nitrogen and oxygen atoms in total. The Morgan fingerprint density at radius 1 is 0.750 bits per heavy atom. The molecular formula is C24H22N2O6. The number of benzene rings is 3. The van der Waals surface area contributed by atoms with E-state index in [9.17, 15) is 9.59 Å². The highest BCUT2D eigenvalue weighted by Crippen LogP contribution is 2.28. The van der Waals surface area contributed by atoms with E-state index < -0.39 is 5.97 Å². The van der Waals surface area contributed by atoms with Gasteiger partial charge in [0.25, 0.3) is 5.91 Å². The molecule has 0 unspecified atom stereocenters. The minimum atomic E-state index is -0.529. The molecule has 0 aliphatic rings. The molecule has 32 heavy (non-hydrogen) atoms. The molecule has 3 rings (SSSR count). The molecule has 0 aliphatic heterocycles. The lowest BCUT2D eigenvalue weighted by Gasteiger charge is -2.09. The fourth-order valence-corrected chi connectivity index (χ4v) is 2.72. The fraction of sp³-hybridized carbons (Fsp3) is 0.125. The summed E-state index contributed by atoms with van der Waals surface area (Å²) in [6.07, 6.45) is 1.49. The van der Waals surface area contributed by atoms with Crippen molar-refractivity contribution in [2.24, 2.45) is 5.10 Å². The van der Waals surface area contributed by atoms with Crippen LogP contribution in [0.4, 0.5) is 0 Å². The van der Waals surface area contributed by atoms with Crippen LogP contribution in [0.1, 0.15) is 26.3 Å². The van der Waals surface area contributed by atoms with Gasteiger partial charge in [-0.25, -0.2) is 10.2 Å². The van der Waals surface area contributed by atoms with Gasteiger partial charge in [0, 0.05) is 5.56 Å². The zero-order valence-electron chi connectivity index (χ0n) is 17.8. The number of hydrazone groups is 1. The van der Waals surface area contributed by atoms with E-state index in [4.69, 9.17) is 18.9 Å².